The highest BCUT2D eigenvalue weighted by Gasteiger charge is 2.40. The molecule has 1 aromatic heterocycles. The summed E-state index contributed by atoms with van der Waals surface area (Å²) in [6.45, 7) is 1.68. The van der Waals surface area contributed by atoms with Crippen LogP contribution in [0.25, 0.3) is 0 Å². The van der Waals surface area contributed by atoms with Crippen LogP contribution in [0.1, 0.15) is 24.1 Å². The van der Waals surface area contributed by atoms with Gasteiger partial charge in [-0.05, 0) is 30.3 Å². The first-order chi connectivity index (χ1) is 11.7. The van der Waals surface area contributed by atoms with Crippen molar-refractivity contribution in [1.82, 2.24) is 10.3 Å². The van der Waals surface area contributed by atoms with E-state index in [-0.39, 0.29) is 17.1 Å². The summed E-state index contributed by atoms with van der Waals surface area (Å²) in [5.74, 6) is -0.855. The molecular weight excluding hydrogens is 378 g/mol. The molecule has 134 valence electrons. The summed E-state index contributed by atoms with van der Waals surface area (Å²) in [5, 5.41) is 10.4. The molecule has 1 aromatic carbocycles. The van der Waals surface area contributed by atoms with Crippen LogP contribution in [0, 0.1) is 17.1 Å². The molecule has 0 fully saturated rings. The quantitative estimate of drug-likeness (QED) is 0.576. The van der Waals surface area contributed by atoms with Crippen LogP contribution in [0.3, 0.4) is 0 Å². The number of pyridine rings is 1. The van der Waals surface area contributed by atoms with Gasteiger partial charge in [-0.1, -0.05) is 24.6 Å². The van der Waals surface area contributed by atoms with Gasteiger partial charge in [0, 0.05) is 17.3 Å². The molecule has 3 nitrogen and oxygen atoms in total. The van der Waals surface area contributed by atoms with Gasteiger partial charge in [-0.25, -0.2) is 4.39 Å². The number of aromatic nitrogens is 1. The largest absolute Gasteiger partial charge is 0.407 e. The second-order valence-corrected chi connectivity index (χ2v) is 5.67. The van der Waals surface area contributed by atoms with Crippen LogP contribution < -0.4 is 5.32 Å². The fourth-order valence-corrected chi connectivity index (χ4v) is 2.13. The van der Waals surface area contributed by atoms with Crippen LogP contribution in [0.15, 0.2) is 41.6 Å². The number of hydrogen-bond acceptors (Lipinski definition) is 4. The zero-order chi connectivity index (χ0) is 19.0. The summed E-state index contributed by atoms with van der Waals surface area (Å²) in [4.78, 5) is 4.47. The molecule has 25 heavy (non-hydrogen) atoms. The van der Waals surface area contributed by atoms with Crippen molar-refractivity contribution in [2.45, 2.75) is 24.0 Å². The molecule has 0 bridgehead atoms. The van der Waals surface area contributed by atoms with E-state index in [1.807, 2.05) is 6.07 Å². The molecule has 0 radical (unpaired) electrons. The Morgan fingerprint density at radius 1 is 1.32 bits per heavy atom. The van der Waals surface area contributed by atoms with E-state index in [0.29, 0.717) is 10.5 Å². The second kappa shape index (κ2) is 9.61. The van der Waals surface area contributed by atoms with Crippen molar-refractivity contribution in [2.75, 3.05) is 6.54 Å². The molecule has 9 heteroatoms. The van der Waals surface area contributed by atoms with Gasteiger partial charge in [0.15, 0.2) is 0 Å². The molecule has 2 rings (SSSR count). The number of hydrogen-bond donors (Lipinski definition) is 2. The van der Waals surface area contributed by atoms with Crippen LogP contribution in [0.4, 0.5) is 17.6 Å². The van der Waals surface area contributed by atoms with E-state index in [1.54, 1.807) is 19.2 Å². The molecule has 0 aliphatic carbocycles. The highest BCUT2D eigenvalue weighted by Crippen LogP contribution is 2.33. The average Bonchev–Trinajstić information content (AvgIpc) is 2.55. The minimum atomic E-state index is -4.46. The Morgan fingerprint density at radius 2 is 2.00 bits per heavy atom. The van der Waals surface area contributed by atoms with Crippen molar-refractivity contribution >= 4 is 24.2 Å². The number of rotatable bonds is 3. The Kier molecular flexibility index (Phi) is 8.16. The molecule has 1 unspecified atom stereocenters. The predicted molar refractivity (Wildman–Crippen MR) is 90.1 cm³/mol. The van der Waals surface area contributed by atoms with Gasteiger partial charge in [0.1, 0.15) is 17.9 Å². The summed E-state index contributed by atoms with van der Waals surface area (Å²) >= 11 is 9.39. The topological polar surface area (TPSA) is 48.7 Å². The standard InChI is InChI=1S/C10H10ClF4N.C6H4N2S/c1-2-16-9(10(13,14)15)6-3-4-7(11)8(12)5-6;7-2-5-1-6(9)4-8-3-5/h3-5,9,16H,2H2,1H3;1,3-4,9H. The molecule has 2 aromatic rings. The van der Waals surface area contributed by atoms with E-state index >= 15 is 0 Å². The highest BCUT2D eigenvalue weighted by molar-refractivity contribution is 7.80. The number of benzene rings is 1. The van der Waals surface area contributed by atoms with Crippen LogP contribution >= 0.6 is 24.2 Å². The van der Waals surface area contributed by atoms with Gasteiger partial charge in [0.25, 0.3) is 0 Å². The number of nitrogens with one attached hydrogen (secondary N) is 1. The van der Waals surface area contributed by atoms with E-state index in [4.69, 9.17) is 16.9 Å². The van der Waals surface area contributed by atoms with Gasteiger partial charge in [0.2, 0.25) is 0 Å². The lowest BCUT2D eigenvalue weighted by Crippen LogP contribution is -2.34. The monoisotopic (exact) mass is 391 g/mol. The number of thiol groups is 1. The maximum absolute atomic E-state index is 13.0. The normalized spacial score (nSPS) is 11.9. The minimum absolute atomic E-state index is 0.133. The van der Waals surface area contributed by atoms with Gasteiger partial charge in [0.05, 0.1) is 10.6 Å². The first kappa shape index (κ1) is 21.2. The summed E-state index contributed by atoms with van der Waals surface area (Å²) in [6, 6.07) is 4.82. The third-order valence-corrected chi connectivity index (χ3v) is 3.42. The minimum Gasteiger partial charge on any atom is -0.303 e. The summed E-state index contributed by atoms with van der Waals surface area (Å²) in [7, 11) is 0. The number of halogens is 5. The fraction of sp³-hybridized carbons (Fsp3) is 0.250. The van der Waals surface area contributed by atoms with Crippen LogP contribution in [-0.4, -0.2) is 17.7 Å². The Hall–Kier alpha value is -1.82. The third-order valence-electron chi connectivity index (χ3n) is 2.87. The smallest absolute Gasteiger partial charge is 0.303 e. The van der Waals surface area contributed by atoms with Crippen molar-refractivity contribution < 1.29 is 17.6 Å². The Morgan fingerprint density at radius 3 is 2.44 bits per heavy atom. The van der Waals surface area contributed by atoms with Crippen molar-refractivity contribution in [1.29, 1.82) is 5.26 Å². The van der Waals surface area contributed by atoms with Crippen LogP contribution in [-0.2, 0) is 0 Å². The summed E-state index contributed by atoms with van der Waals surface area (Å²) in [6.07, 6.45) is -1.38. The molecule has 1 heterocycles. The van der Waals surface area contributed by atoms with E-state index in [0.717, 1.165) is 18.2 Å². The molecule has 0 saturated carbocycles. The van der Waals surface area contributed by atoms with E-state index in [1.165, 1.54) is 6.20 Å². The van der Waals surface area contributed by atoms with Gasteiger partial charge >= 0.3 is 6.18 Å². The van der Waals surface area contributed by atoms with Crippen molar-refractivity contribution in [3.63, 3.8) is 0 Å². The van der Waals surface area contributed by atoms with Gasteiger partial charge in [-0.3, -0.25) is 4.98 Å². The first-order valence-corrected chi connectivity index (χ1v) is 7.80. The van der Waals surface area contributed by atoms with E-state index < -0.39 is 18.0 Å². The molecule has 1 N–H and O–H groups in total. The predicted octanol–water partition coefficient (Wildman–Crippen LogP) is 4.93. The van der Waals surface area contributed by atoms with Gasteiger partial charge in [-0.2, -0.15) is 18.4 Å². The van der Waals surface area contributed by atoms with Crippen molar-refractivity contribution in [3.8, 4) is 6.07 Å². The Labute approximate surface area is 153 Å². The maximum atomic E-state index is 13.0. The molecule has 1 atom stereocenters. The first-order valence-electron chi connectivity index (χ1n) is 6.98. The van der Waals surface area contributed by atoms with Gasteiger partial charge in [-0.15, -0.1) is 12.6 Å². The fourth-order valence-electron chi connectivity index (χ4n) is 1.81. The summed E-state index contributed by atoms with van der Waals surface area (Å²) < 4.78 is 50.9. The zero-order valence-corrected chi connectivity index (χ0v) is 14.6. The van der Waals surface area contributed by atoms with E-state index in [2.05, 4.69) is 22.9 Å². The lowest BCUT2D eigenvalue weighted by atomic mass is 10.1. The van der Waals surface area contributed by atoms with Gasteiger partial charge < -0.3 is 5.32 Å². The highest BCUT2D eigenvalue weighted by atomic mass is 35.5. The molecule has 0 saturated heterocycles. The Balaban J connectivity index is 0.000000293. The Bertz CT molecular complexity index is 747. The number of alkyl halides is 3. The molecule has 0 amide bonds. The maximum Gasteiger partial charge on any atom is 0.407 e. The van der Waals surface area contributed by atoms with Crippen LogP contribution in [0.5, 0.6) is 0 Å². The SMILES string of the molecule is CCNC(c1ccc(Cl)c(F)c1)C(F)(F)F.N#Cc1cncc(S)c1. The third kappa shape index (κ3) is 6.90. The number of nitrogens with zero attached hydrogens (tertiary/aromatic N) is 2. The molecular formula is C16H14ClF4N3S. The van der Waals surface area contributed by atoms with E-state index in [9.17, 15) is 17.6 Å². The molecule has 0 aliphatic rings. The molecule has 0 spiro atoms. The lowest BCUT2D eigenvalue weighted by Gasteiger charge is -2.21. The molecule has 0 aliphatic heterocycles. The van der Waals surface area contributed by atoms with Crippen molar-refractivity contribution in [2.24, 2.45) is 0 Å². The van der Waals surface area contributed by atoms with Crippen molar-refractivity contribution in [3.05, 3.63) is 58.6 Å². The second-order valence-electron chi connectivity index (χ2n) is 4.75. The number of nitriles is 1. The summed E-state index contributed by atoms with van der Waals surface area (Å²) in [5.41, 5.74) is 0.360. The zero-order valence-electron chi connectivity index (χ0n) is 13.0. The van der Waals surface area contributed by atoms with Crippen LogP contribution in [0.2, 0.25) is 5.02 Å². The average molecular weight is 392 g/mol. The lowest BCUT2D eigenvalue weighted by molar-refractivity contribution is -0.157.